The molecule has 0 aliphatic heterocycles. The molecule has 0 unspecified atom stereocenters. The van der Waals surface area contributed by atoms with Gasteiger partial charge in [0.2, 0.25) is 5.95 Å². The van der Waals surface area contributed by atoms with Crippen LogP contribution < -0.4 is 11.1 Å². The number of hydrogen-bond donors (Lipinski definition) is 2. The number of nitrogens with two attached hydrogens (primary N) is 1. The largest absolute Gasteiger partial charge is 0.416 e. The number of anilines is 1. The Kier molecular flexibility index (Phi) is 13.4. The minimum absolute atomic E-state index is 0.0261. The van der Waals surface area contributed by atoms with Gasteiger partial charge in [-0.3, -0.25) is 4.79 Å². The number of amides is 1. The van der Waals surface area contributed by atoms with Crippen molar-refractivity contribution >= 4 is 23.5 Å². The molecule has 3 rings (SSSR count). The zero-order valence-corrected chi connectivity index (χ0v) is 25.8. The summed E-state index contributed by atoms with van der Waals surface area (Å²) in [4.78, 5) is 27.0. The fraction of sp³-hybridized carbons (Fsp3) is 0.414. The Balaban J connectivity index is 0.00000102. The molecule has 0 saturated heterocycles. The van der Waals surface area contributed by atoms with Crippen LogP contribution in [0.3, 0.4) is 0 Å². The molecule has 0 spiro atoms. The van der Waals surface area contributed by atoms with Crippen LogP contribution in [-0.2, 0) is 18.9 Å². The Morgan fingerprint density at radius 3 is 1.95 bits per heavy atom. The molecule has 0 aliphatic rings. The SMILES string of the molecule is CN(C)CCN.CN(C)CCNc1ncc(C(=O)N(C)Cc2cc(C(F)(F)F)cc(C(F)(F)F)c2)c(-c2ccccc2Cl)n1. The molecule has 3 N–H and O–H groups in total. The molecule has 8 nitrogen and oxygen atoms in total. The predicted molar refractivity (Wildman–Crippen MR) is 159 cm³/mol. The molecular formula is C29H36ClF6N7O. The molecule has 242 valence electrons. The van der Waals surface area contributed by atoms with Gasteiger partial charge >= 0.3 is 12.4 Å². The van der Waals surface area contributed by atoms with Crippen molar-refractivity contribution in [2.45, 2.75) is 18.9 Å². The van der Waals surface area contributed by atoms with Crippen molar-refractivity contribution in [1.29, 1.82) is 0 Å². The summed E-state index contributed by atoms with van der Waals surface area (Å²) in [5.74, 6) is -0.501. The van der Waals surface area contributed by atoms with E-state index in [0.29, 0.717) is 30.8 Å². The van der Waals surface area contributed by atoms with E-state index in [1.165, 1.54) is 13.2 Å². The summed E-state index contributed by atoms with van der Waals surface area (Å²) in [6.07, 6.45) is -8.76. The molecule has 0 radical (unpaired) electrons. The normalized spacial score (nSPS) is 11.8. The zero-order chi connectivity index (χ0) is 33.2. The molecule has 3 aromatic rings. The van der Waals surface area contributed by atoms with Crippen LogP contribution in [0.25, 0.3) is 11.3 Å². The topological polar surface area (TPSA) is 90.6 Å². The Bertz CT molecular complexity index is 1350. The summed E-state index contributed by atoms with van der Waals surface area (Å²) in [6, 6.07) is 7.80. The van der Waals surface area contributed by atoms with E-state index in [0.717, 1.165) is 18.0 Å². The van der Waals surface area contributed by atoms with Crippen molar-refractivity contribution in [1.82, 2.24) is 24.7 Å². The number of nitrogens with zero attached hydrogens (tertiary/aromatic N) is 5. The van der Waals surface area contributed by atoms with Gasteiger partial charge in [0.1, 0.15) is 0 Å². The van der Waals surface area contributed by atoms with Crippen molar-refractivity contribution in [3.05, 3.63) is 75.9 Å². The summed E-state index contributed by atoms with van der Waals surface area (Å²) in [7, 11) is 9.05. The second-order valence-corrected chi connectivity index (χ2v) is 10.7. The van der Waals surface area contributed by atoms with Crippen LogP contribution in [0.4, 0.5) is 32.3 Å². The van der Waals surface area contributed by atoms with Gasteiger partial charge in [-0.2, -0.15) is 26.3 Å². The van der Waals surface area contributed by atoms with Gasteiger partial charge in [-0.25, -0.2) is 9.97 Å². The standard InChI is InChI=1S/C25H24ClF6N5O.C4H12N2/c1-36(2)9-8-33-23-34-13-19(21(35-23)18-6-4-5-7-20(18)26)22(38)37(3)14-15-10-16(24(27,28)29)12-17(11-15)25(30,31)32;1-6(2)4-3-5/h4-7,10-13H,8-9,14H2,1-3H3,(H,33,34,35);3-5H2,1-2H3. The monoisotopic (exact) mass is 647 g/mol. The van der Waals surface area contributed by atoms with Crippen LogP contribution in [0.5, 0.6) is 0 Å². The van der Waals surface area contributed by atoms with E-state index in [1.807, 2.05) is 33.1 Å². The minimum atomic E-state index is -5.00. The third kappa shape index (κ3) is 11.2. The summed E-state index contributed by atoms with van der Waals surface area (Å²) < 4.78 is 79.6. The van der Waals surface area contributed by atoms with Crippen LogP contribution in [-0.4, -0.2) is 92.0 Å². The van der Waals surface area contributed by atoms with Gasteiger partial charge in [0.25, 0.3) is 5.91 Å². The van der Waals surface area contributed by atoms with Crippen molar-refractivity contribution in [3.8, 4) is 11.3 Å². The summed E-state index contributed by atoms with van der Waals surface area (Å²) in [6.45, 7) is 2.38. The van der Waals surface area contributed by atoms with E-state index in [4.69, 9.17) is 17.3 Å². The van der Waals surface area contributed by atoms with Gasteiger partial charge in [-0.05, 0) is 58.0 Å². The fourth-order valence-electron chi connectivity index (χ4n) is 3.79. The average Bonchev–Trinajstić information content (AvgIpc) is 2.92. The van der Waals surface area contributed by atoms with Gasteiger partial charge < -0.3 is 25.8 Å². The Morgan fingerprint density at radius 1 is 0.909 bits per heavy atom. The number of carbonyl (C=O) groups excluding carboxylic acids is 1. The number of halogens is 7. The van der Waals surface area contributed by atoms with E-state index in [1.54, 1.807) is 24.3 Å². The van der Waals surface area contributed by atoms with Crippen LogP contribution >= 0.6 is 11.6 Å². The quantitative estimate of drug-likeness (QED) is 0.278. The number of hydrogen-bond acceptors (Lipinski definition) is 7. The summed E-state index contributed by atoms with van der Waals surface area (Å²) in [5, 5.41) is 3.32. The number of aromatic nitrogens is 2. The van der Waals surface area contributed by atoms with E-state index >= 15 is 0 Å². The lowest BCUT2D eigenvalue weighted by atomic mass is 10.0. The maximum atomic E-state index is 13.4. The number of likely N-dealkylation sites (N-methyl/N-ethyl adjacent to an activating group) is 2. The molecule has 1 aromatic heterocycles. The Hall–Kier alpha value is -3.46. The van der Waals surface area contributed by atoms with Gasteiger partial charge in [-0.1, -0.05) is 29.8 Å². The lowest BCUT2D eigenvalue weighted by Crippen LogP contribution is -2.28. The Morgan fingerprint density at radius 2 is 1.48 bits per heavy atom. The van der Waals surface area contributed by atoms with E-state index in [9.17, 15) is 31.1 Å². The highest BCUT2D eigenvalue weighted by atomic mass is 35.5. The van der Waals surface area contributed by atoms with Crippen LogP contribution in [0.15, 0.2) is 48.7 Å². The molecule has 0 atom stereocenters. The zero-order valence-electron chi connectivity index (χ0n) is 25.0. The first kappa shape index (κ1) is 36.7. The molecule has 0 saturated carbocycles. The highest BCUT2D eigenvalue weighted by Crippen LogP contribution is 2.37. The number of carbonyl (C=O) groups is 1. The first-order valence-electron chi connectivity index (χ1n) is 13.3. The maximum absolute atomic E-state index is 13.4. The van der Waals surface area contributed by atoms with Crippen molar-refractivity contribution in [2.75, 3.05) is 66.7 Å². The molecule has 0 aliphatic carbocycles. The maximum Gasteiger partial charge on any atom is 0.416 e. The van der Waals surface area contributed by atoms with Crippen LogP contribution in [0, 0.1) is 0 Å². The predicted octanol–water partition coefficient (Wildman–Crippen LogP) is 5.59. The summed E-state index contributed by atoms with van der Waals surface area (Å²) in [5.41, 5.74) is 2.46. The third-order valence-electron chi connectivity index (χ3n) is 5.98. The first-order chi connectivity index (χ1) is 20.4. The molecule has 1 heterocycles. The Labute approximate surface area is 257 Å². The van der Waals surface area contributed by atoms with Gasteiger partial charge in [-0.15, -0.1) is 0 Å². The molecule has 2 aromatic carbocycles. The minimum Gasteiger partial charge on any atom is -0.353 e. The van der Waals surface area contributed by atoms with Crippen molar-refractivity contribution < 1.29 is 31.1 Å². The molecule has 15 heteroatoms. The second kappa shape index (κ2) is 16.0. The highest BCUT2D eigenvalue weighted by Gasteiger charge is 2.37. The summed E-state index contributed by atoms with van der Waals surface area (Å²) >= 11 is 6.34. The van der Waals surface area contributed by atoms with E-state index < -0.39 is 35.9 Å². The third-order valence-corrected chi connectivity index (χ3v) is 6.31. The van der Waals surface area contributed by atoms with Crippen molar-refractivity contribution in [3.63, 3.8) is 0 Å². The fourth-order valence-corrected chi connectivity index (χ4v) is 4.02. The van der Waals surface area contributed by atoms with Crippen LogP contribution in [0.1, 0.15) is 27.0 Å². The molecule has 1 amide bonds. The lowest BCUT2D eigenvalue weighted by molar-refractivity contribution is -0.143. The van der Waals surface area contributed by atoms with Crippen molar-refractivity contribution in [2.24, 2.45) is 5.73 Å². The number of nitrogens with one attached hydrogen (secondary N) is 1. The van der Waals surface area contributed by atoms with Gasteiger partial charge in [0.15, 0.2) is 0 Å². The first-order valence-corrected chi connectivity index (χ1v) is 13.7. The molecule has 0 bridgehead atoms. The number of benzene rings is 2. The molecular weight excluding hydrogens is 612 g/mol. The highest BCUT2D eigenvalue weighted by molar-refractivity contribution is 6.33. The van der Waals surface area contributed by atoms with E-state index in [2.05, 4.69) is 20.2 Å². The van der Waals surface area contributed by atoms with Crippen LogP contribution in [0.2, 0.25) is 5.02 Å². The number of rotatable bonds is 10. The second-order valence-electron chi connectivity index (χ2n) is 10.3. The lowest BCUT2D eigenvalue weighted by Gasteiger charge is -2.21. The van der Waals surface area contributed by atoms with Gasteiger partial charge in [0.05, 0.1) is 22.4 Å². The average molecular weight is 648 g/mol. The molecule has 0 fully saturated rings. The number of alkyl halides is 6. The van der Waals surface area contributed by atoms with Gasteiger partial charge in [0, 0.05) is 56.6 Å². The smallest absolute Gasteiger partial charge is 0.353 e. The van der Waals surface area contributed by atoms with E-state index in [-0.39, 0.29) is 33.9 Å². The molecule has 44 heavy (non-hydrogen) atoms.